The van der Waals surface area contributed by atoms with Crippen LogP contribution in [-0.4, -0.2) is 30.2 Å². The second kappa shape index (κ2) is 8.29. The first-order valence-electron chi connectivity index (χ1n) is 9.95. The summed E-state index contributed by atoms with van der Waals surface area (Å²) in [6, 6.07) is 19.6. The van der Waals surface area contributed by atoms with Gasteiger partial charge in [0.15, 0.2) is 5.13 Å². The van der Waals surface area contributed by atoms with Crippen LogP contribution in [0.4, 0.5) is 5.13 Å². The molecular formula is C23H18ClN3O3S2. The summed E-state index contributed by atoms with van der Waals surface area (Å²) in [4.78, 5) is 17.3. The third kappa shape index (κ3) is 3.91. The second-order valence-electron chi connectivity index (χ2n) is 7.44. The van der Waals surface area contributed by atoms with E-state index in [0.29, 0.717) is 24.6 Å². The number of sulfonamides is 1. The minimum atomic E-state index is -3.79. The largest absolute Gasteiger partial charge is 0.298 e. The van der Waals surface area contributed by atoms with Gasteiger partial charge in [0.25, 0.3) is 5.91 Å². The minimum absolute atomic E-state index is 0.0377. The third-order valence-corrected chi connectivity index (χ3v) is 8.55. The number of hydrogen-bond donors (Lipinski definition) is 1. The molecule has 0 aliphatic carbocycles. The van der Waals surface area contributed by atoms with Crippen molar-refractivity contribution in [1.82, 2.24) is 9.29 Å². The number of benzene rings is 3. The summed E-state index contributed by atoms with van der Waals surface area (Å²) < 4.78 is 29.0. The van der Waals surface area contributed by atoms with Crippen molar-refractivity contribution >= 4 is 54.2 Å². The molecule has 3 aromatic carbocycles. The van der Waals surface area contributed by atoms with Crippen LogP contribution in [0.3, 0.4) is 0 Å². The molecular weight excluding hydrogens is 466 g/mol. The number of amides is 1. The molecule has 0 bridgehead atoms. The van der Waals surface area contributed by atoms with E-state index in [2.05, 4.69) is 10.3 Å². The predicted molar refractivity (Wildman–Crippen MR) is 127 cm³/mol. The fourth-order valence-corrected chi connectivity index (χ4v) is 6.26. The van der Waals surface area contributed by atoms with Gasteiger partial charge in [-0.05, 0) is 47.9 Å². The van der Waals surface area contributed by atoms with Gasteiger partial charge in [-0.1, -0.05) is 59.3 Å². The number of nitrogens with zero attached hydrogens (tertiary/aromatic N) is 2. The number of aromatic nitrogens is 1. The molecule has 0 unspecified atom stereocenters. The Labute approximate surface area is 194 Å². The molecule has 0 saturated carbocycles. The Morgan fingerprint density at radius 2 is 1.78 bits per heavy atom. The molecule has 5 rings (SSSR count). The minimum Gasteiger partial charge on any atom is -0.298 e. The number of anilines is 1. The van der Waals surface area contributed by atoms with Gasteiger partial charge in [0.1, 0.15) is 0 Å². The predicted octanol–water partition coefficient (Wildman–Crippen LogP) is 4.95. The van der Waals surface area contributed by atoms with Gasteiger partial charge in [-0.3, -0.25) is 10.1 Å². The van der Waals surface area contributed by atoms with Crippen LogP contribution in [-0.2, 0) is 23.0 Å². The summed E-state index contributed by atoms with van der Waals surface area (Å²) in [5.41, 5.74) is 3.01. The normalized spacial score (nSPS) is 14.3. The van der Waals surface area contributed by atoms with E-state index in [-0.39, 0.29) is 15.5 Å². The zero-order valence-electron chi connectivity index (χ0n) is 16.8. The fraction of sp³-hybridized carbons (Fsp3) is 0.130. The van der Waals surface area contributed by atoms with Crippen molar-refractivity contribution in [2.45, 2.75) is 17.9 Å². The zero-order valence-corrected chi connectivity index (χ0v) is 19.2. The molecule has 9 heteroatoms. The number of thiazole rings is 1. The van der Waals surface area contributed by atoms with Crippen LogP contribution < -0.4 is 5.32 Å². The van der Waals surface area contributed by atoms with Gasteiger partial charge in [0.05, 0.1) is 25.7 Å². The highest BCUT2D eigenvalue weighted by molar-refractivity contribution is 7.89. The number of carbonyl (C=O) groups is 1. The highest BCUT2D eigenvalue weighted by atomic mass is 35.5. The van der Waals surface area contributed by atoms with Crippen LogP contribution in [0.2, 0.25) is 5.02 Å². The number of para-hydroxylation sites is 1. The van der Waals surface area contributed by atoms with E-state index in [0.717, 1.165) is 21.3 Å². The molecule has 0 spiro atoms. The molecule has 2 heterocycles. The maximum Gasteiger partial charge on any atom is 0.259 e. The zero-order chi connectivity index (χ0) is 22.3. The average Bonchev–Trinajstić information content (AvgIpc) is 3.21. The van der Waals surface area contributed by atoms with Crippen LogP contribution >= 0.6 is 22.9 Å². The molecule has 0 fully saturated rings. The molecule has 1 aliphatic rings. The number of carbonyl (C=O) groups excluding carboxylic acids is 1. The Bertz CT molecular complexity index is 1420. The van der Waals surface area contributed by atoms with Crippen LogP contribution in [0, 0.1) is 0 Å². The van der Waals surface area contributed by atoms with Crippen molar-refractivity contribution < 1.29 is 13.2 Å². The van der Waals surface area contributed by atoms with Crippen molar-refractivity contribution in [3.8, 4) is 0 Å². The number of fused-ring (bicyclic) bond motifs is 2. The highest BCUT2D eigenvalue weighted by Gasteiger charge is 2.29. The average molecular weight is 484 g/mol. The standard InChI is InChI=1S/C23H18ClN3O3S2/c24-19-10-9-17(32(29,30)27-12-11-15-5-1-2-6-16(15)14-27)13-18(19)22(28)26-23-25-20-7-3-4-8-21(20)31-23/h1-10,13H,11-12,14H2,(H,25,26,28). The third-order valence-electron chi connectivity index (χ3n) is 5.43. The molecule has 4 aromatic rings. The SMILES string of the molecule is O=C(Nc1nc2ccccc2s1)c1cc(S(=O)(=O)N2CCc3ccccc3C2)ccc1Cl. The first-order chi connectivity index (χ1) is 15.4. The van der Waals surface area contributed by atoms with E-state index < -0.39 is 15.9 Å². The van der Waals surface area contributed by atoms with Crippen molar-refractivity contribution in [2.24, 2.45) is 0 Å². The number of nitrogens with one attached hydrogen (secondary N) is 1. The quantitative estimate of drug-likeness (QED) is 0.445. The lowest BCUT2D eigenvalue weighted by atomic mass is 10.0. The first kappa shape index (κ1) is 21.1. The number of halogens is 1. The van der Waals surface area contributed by atoms with Gasteiger partial charge in [0.2, 0.25) is 10.0 Å². The topological polar surface area (TPSA) is 79.4 Å². The van der Waals surface area contributed by atoms with Crippen molar-refractivity contribution in [3.05, 3.63) is 88.4 Å². The van der Waals surface area contributed by atoms with E-state index in [1.54, 1.807) is 0 Å². The fourth-order valence-electron chi connectivity index (χ4n) is 3.75. The summed E-state index contributed by atoms with van der Waals surface area (Å²) in [6.07, 6.45) is 0.647. The monoisotopic (exact) mass is 483 g/mol. The molecule has 1 N–H and O–H groups in total. The Morgan fingerprint density at radius 3 is 2.59 bits per heavy atom. The Balaban J connectivity index is 1.42. The lowest BCUT2D eigenvalue weighted by molar-refractivity contribution is 0.102. The highest BCUT2D eigenvalue weighted by Crippen LogP contribution is 2.29. The summed E-state index contributed by atoms with van der Waals surface area (Å²) in [5.74, 6) is -0.505. The van der Waals surface area contributed by atoms with Gasteiger partial charge in [0, 0.05) is 13.1 Å². The van der Waals surface area contributed by atoms with Gasteiger partial charge >= 0.3 is 0 Å². The lowest BCUT2D eigenvalue weighted by Gasteiger charge is -2.28. The maximum atomic E-state index is 13.3. The lowest BCUT2D eigenvalue weighted by Crippen LogP contribution is -2.36. The second-order valence-corrected chi connectivity index (χ2v) is 10.8. The Morgan fingerprint density at radius 1 is 1.03 bits per heavy atom. The summed E-state index contributed by atoms with van der Waals surface area (Å²) in [7, 11) is -3.79. The Kier molecular flexibility index (Phi) is 5.46. The molecule has 162 valence electrons. The van der Waals surface area contributed by atoms with E-state index in [1.165, 1.54) is 33.8 Å². The summed E-state index contributed by atoms with van der Waals surface area (Å²) in [6.45, 7) is 0.684. The van der Waals surface area contributed by atoms with Crippen LogP contribution in [0.1, 0.15) is 21.5 Å². The van der Waals surface area contributed by atoms with Crippen LogP contribution in [0.15, 0.2) is 71.6 Å². The first-order valence-corrected chi connectivity index (χ1v) is 12.6. The molecule has 1 aromatic heterocycles. The summed E-state index contributed by atoms with van der Waals surface area (Å²) in [5, 5.41) is 3.33. The molecule has 0 radical (unpaired) electrons. The van der Waals surface area contributed by atoms with Crippen molar-refractivity contribution in [3.63, 3.8) is 0 Å². The smallest absolute Gasteiger partial charge is 0.259 e. The van der Waals surface area contributed by atoms with E-state index in [9.17, 15) is 13.2 Å². The molecule has 0 saturated heterocycles. The van der Waals surface area contributed by atoms with E-state index in [1.807, 2.05) is 48.5 Å². The van der Waals surface area contributed by atoms with E-state index >= 15 is 0 Å². The van der Waals surface area contributed by atoms with Crippen LogP contribution in [0.25, 0.3) is 10.2 Å². The maximum absolute atomic E-state index is 13.3. The molecule has 32 heavy (non-hydrogen) atoms. The molecule has 1 amide bonds. The van der Waals surface area contributed by atoms with Crippen molar-refractivity contribution in [1.29, 1.82) is 0 Å². The van der Waals surface area contributed by atoms with Gasteiger partial charge in [-0.25, -0.2) is 13.4 Å². The Hall–Kier alpha value is -2.78. The van der Waals surface area contributed by atoms with Crippen LogP contribution in [0.5, 0.6) is 0 Å². The molecule has 6 nitrogen and oxygen atoms in total. The van der Waals surface area contributed by atoms with Gasteiger partial charge in [-0.15, -0.1) is 0 Å². The number of hydrogen-bond acceptors (Lipinski definition) is 5. The van der Waals surface area contributed by atoms with Crippen molar-refractivity contribution in [2.75, 3.05) is 11.9 Å². The number of rotatable bonds is 4. The molecule has 0 atom stereocenters. The summed E-state index contributed by atoms with van der Waals surface area (Å²) >= 11 is 7.59. The molecule has 1 aliphatic heterocycles. The van der Waals surface area contributed by atoms with Gasteiger partial charge < -0.3 is 0 Å². The van der Waals surface area contributed by atoms with Gasteiger partial charge in [-0.2, -0.15) is 4.31 Å². The van der Waals surface area contributed by atoms with E-state index in [4.69, 9.17) is 11.6 Å².